The van der Waals surface area contributed by atoms with Crippen LogP contribution in [0.25, 0.3) is 10.9 Å². The average molecular weight is 344 g/mol. The molecule has 0 radical (unpaired) electrons. The van der Waals surface area contributed by atoms with Crippen molar-refractivity contribution in [3.8, 4) is 18.1 Å². The second kappa shape index (κ2) is 6.52. The van der Waals surface area contributed by atoms with Crippen LogP contribution in [0.4, 0.5) is 0 Å². The number of aromatic nitrogens is 1. The molecule has 1 heterocycles. The summed E-state index contributed by atoms with van der Waals surface area (Å²) in [5.41, 5.74) is 0.352. The Bertz CT molecular complexity index is 813. The van der Waals surface area contributed by atoms with Crippen molar-refractivity contribution in [2.45, 2.75) is 17.7 Å². The van der Waals surface area contributed by atoms with Crippen LogP contribution in [0.1, 0.15) is 12.8 Å². The second-order valence-corrected chi connectivity index (χ2v) is 7.11. The van der Waals surface area contributed by atoms with Crippen molar-refractivity contribution in [3.05, 3.63) is 29.4 Å². The van der Waals surface area contributed by atoms with E-state index in [1.54, 1.807) is 6.07 Å². The molecule has 110 valence electrons. The van der Waals surface area contributed by atoms with Gasteiger partial charge in [0.05, 0.1) is 11.5 Å². The van der Waals surface area contributed by atoms with Gasteiger partial charge in [-0.15, -0.1) is 12.3 Å². The summed E-state index contributed by atoms with van der Waals surface area (Å²) in [4.78, 5) is 4.10. The van der Waals surface area contributed by atoms with Gasteiger partial charge in [0.2, 0.25) is 0 Å². The Kier molecular flexibility index (Phi) is 4.94. The molecule has 0 amide bonds. The molecule has 0 aliphatic carbocycles. The highest BCUT2D eigenvalue weighted by molar-refractivity contribution is 8.14. The van der Waals surface area contributed by atoms with Crippen LogP contribution in [0.3, 0.4) is 0 Å². The Morgan fingerprint density at radius 3 is 2.71 bits per heavy atom. The summed E-state index contributed by atoms with van der Waals surface area (Å²) in [7, 11) is 1.54. The summed E-state index contributed by atoms with van der Waals surface area (Å²) in [6.07, 6.45) is 6.46. The van der Waals surface area contributed by atoms with Gasteiger partial charge in [0.25, 0.3) is 9.05 Å². The maximum absolute atomic E-state index is 11.6. The van der Waals surface area contributed by atoms with E-state index in [0.29, 0.717) is 36.1 Å². The fourth-order valence-corrected chi connectivity index (χ4v) is 3.04. The molecule has 4 nitrogen and oxygen atoms in total. The van der Waals surface area contributed by atoms with Gasteiger partial charge in [-0.05, 0) is 30.7 Å². The smallest absolute Gasteiger partial charge is 0.261 e. The molecule has 2 rings (SSSR count). The van der Waals surface area contributed by atoms with Gasteiger partial charge in [0.1, 0.15) is 16.4 Å². The third-order valence-corrected chi connectivity index (χ3v) is 4.32. The Morgan fingerprint density at radius 1 is 1.29 bits per heavy atom. The molecule has 0 saturated heterocycles. The van der Waals surface area contributed by atoms with E-state index >= 15 is 0 Å². The molecule has 0 aliphatic rings. The molecule has 0 unspecified atom stereocenters. The van der Waals surface area contributed by atoms with Crippen molar-refractivity contribution in [2.24, 2.45) is 0 Å². The molecule has 1 aromatic carbocycles. The molecular formula is C14H11Cl2NO3S. The predicted octanol–water partition coefficient (Wildman–Crippen LogP) is 3.61. The first kappa shape index (κ1) is 15.9. The number of hydrogen-bond donors (Lipinski definition) is 0. The number of nitrogens with zero attached hydrogens (tertiary/aromatic N) is 1. The lowest BCUT2D eigenvalue weighted by atomic mass is 10.2. The van der Waals surface area contributed by atoms with Crippen LogP contribution in [0.5, 0.6) is 5.75 Å². The minimum absolute atomic E-state index is 0.0284. The lowest BCUT2D eigenvalue weighted by Gasteiger charge is -2.10. The summed E-state index contributed by atoms with van der Waals surface area (Å²) in [5, 5.41) is 0.601. The van der Waals surface area contributed by atoms with Crippen LogP contribution in [0.2, 0.25) is 5.15 Å². The first-order chi connectivity index (χ1) is 9.93. The van der Waals surface area contributed by atoms with E-state index in [4.69, 9.17) is 33.4 Å². The fraction of sp³-hybridized carbons (Fsp3) is 0.214. The molecule has 0 spiro atoms. The van der Waals surface area contributed by atoms with Crippen molar-refractivity contribution >= 4 is 42.2 Å². The Balaban J connectivity index is 2.49. The average Bonchev–Trinajstić information content (AvgIpc) is 2.42. The molecule has 0 fully saturated rings. The van der Waals surface area contributed by atoms with E-state index in [2.05, 4.69) is 10.9 Å². The van der Waals surface area contributed by atoms with Crippen LogP contribution in [-0.4, -0.2) is 20.0 Å². The zero-order valence-corrected chi connectivity index (χ0v) is 13.2. The van der Waals surface area contributed by atoms with Gasteiger partial charge in [-0.25, -0.2) is 13.4 Å². The Hall–Kier alpha value is -1.48. The summed E-state index contributed by atoms with van der Waals surface area (Å²) >= 11 is 5.87. The minimum Gasteiger partial charge on any atom is -0.491 e. The standard InChI is InChI=1S/C14H11Cl2NO3S/c1-2-3-4-9-20-11-6-7-12(21(16,18)19)10-5-8-13(15)17-14(10)11/h1,5-8H,3-4,9H2. The molecule has 2 aromatic rings. The van der Waals surface area contributed by atoms with E-state index in [1.807, 2.05) is 0 Å². The SMILES string of the molecule is C#CCCCOc1ccc(S(=O)(=O)Cl)c2ccc(Cl)nc12. The van der Waals surface area contributed by atoms with Crippen LogP contribution >= 0.6 is 22.3 Å². The quantitative estimate of drug-likeness (QED) is 0.360. The highest BCUT2D eigenvalue weighted by Crippen LogP contribution is 2.32. The maximum Gasteiger partial charge on any atom is 0.261 e. The highest BCUT2D eigenvalue weighted by Gasteiger charge is 2.17. The van der Waals surface area contributed by atoms with E-state index in [-0.39, 0.29) is 10.0 Å². The summed E-state index contributed by atoms with van der Waals surface area (Å²) in [6.45, 7) is 0.403. The number of unbranched alkanes of at least 4 members (excludes halogenated alkanes) is 1. The lowest BCUT2D eigenvalue weighted by molar-refractivity contribution is 0.316. The van der Waals surface area contributed by atoms with Gasteiger partial charge in [-0.3, -0.25) is 0 Å². The number of rotatable bonds is 5. The van der Waals surface area contributed by atoms with Gasteiger partial charge >= 0.3 is 0 Å². The topological polar surface area (TPSA) is 56.3 Å². The third-order valence-electron chi connectivity index (χ3n) is 2.73. The summed E-state index contributed by atoms with van der Waals surface area (Å²) in [6, 6.07) is 5.94. The number of terminal acetylenes is 1. The summed E-state index contributed by atoms with van der Waals surface area (Å²) < 4.78 is 28.8. The van der Waals surface area contributed by atoms with Gasteiger partial charge < -0.3 is 4.74 Å². The first-order valence-electron chi connectivity index (χ1n) is 6.03. The molecule has 7 heteroatoms. The van der Waals surface area contributed by atoms with E-state index in [0.717, 1.165) is 0 Å². The van der Waals surface area contributed by atoms with Gasteiger partial charge in [-0.2, -0.15) is 0 Å². The molecule has 0 saturated carbocycles. The summed E-state index contributed by atoms with van der Waals surface area (Å²) in [5.74, 6) is 2.95. The number of halogens is 2. The van der Waals surface area contributed by atoms with Crippen molar-refractivity contribution in [1.29, 1.82) is 0 Å². The van der Waals surface area contributed by atoms with Crippen LogP contribution in [0, 0.1) is 12.3 Å². The van der Waals surface area contributed by atoms with Crippen LogP contribution in [0.15, 0.2) is 29.2 Å². The number of fused-ring (bicyclic) bond motifs is 1. The van der Waals surface area contributed by atoms with Gasteiger partial charge in [-0.1, -0.05) is 11.6 Å². The fourth-order valence-electron chi connectivity index (χ4n) is 1.83. The van der Waals surface area contributed by atoms with Crippen molar-refractivity contribution in [3.63, 3.8) is 0 Å². The normalized spacial score (nSPS) is 11.3. The monoisotopic (exact) mass is 343 g/mol. The molecule has 0 atom stereocenters. The maximum atomic E-state index is 11.6. The second-order valence-electron chi connectivity index (χ2n) is 4.19. The highest BCUT2D eigenvalue weighted by atomic mass is 35.7. The molecule has 21 heavy (non-hydrogen) atoms. The molecular weight excluding hydrogens is 333 g/mol. The Labute approximate surface area is 132 Å². The number of pyridine rings is 1. The molecule has 0 N–H and O–H groups in total. The number of hydrogen-bond acceptors (Lipinski definition) is 4. The molecule has 0 bridgehead atoms. The van der Waals surface area contributed by atoms with Crippen molar-refractivity contribution in [2.75, 3.05) is 6.61 Å². The molecule has 0 aliphatic heterocycles. The predicted molar refractivity (Wildman–Crippen MR) is 83.4 cm³/mol. The minimum atomic E-state index is -3.88. The van der Waals surface area contributed by atoms with Gasteiger partial charge in [0, 0.05) is 22.5 Å². The van der Waals surface area contributed by atoms with Crippen LogP contribution in [-0.2, 0) is 9.05 Å². The van der Waals surface area contributed by atoms with Gasteiger partial charge in [0.15, 0.2) is 0 Å². The zero-order chi connectivity index (χ0) is 15.5. The van der Waals surface area contributed by atoms with E-state index < -0.39 is 9.05 Å². The third kappa shape index (κ3) is 3.79. The van der Waals surface area contributed by atoms with E-state index in [9.17, 15) is 8.42 Å². The van der Waals surface area contributed by atoms with E-state index in [1.165, 1.54) is 18.2 Å². The molecule has 1 aromatic heterocycles. The number of ether oxygens (including phenoxy) is 1. The Morgan fingerprint density at radius 2 is 2.05 bits per heavy atom. The number of benzene rings is 1. The van der Waals surface area contributed by atoms with Crippen LogP contribution < -0.4 is 4.74 Å². The van der Waals surface area contributed by atoms with Crippen molar-refractivity contribution in [1.82, 2.24) is 4.98 Å². The van der Waals surface area contributed by atoms with Crippen molar-refractivity contribution < 1.29 is 13.2 Å². The zero-order valence-electron chi connectivity index (χ0n) is 10.8. The lowest BCUT2D eigenvalue weighted by Crippen LogP contribution is -2.00. The first-order valence-corrected chi connectivity index (χ1v) is 8.72. The largest absolute Gasteiger partial charge is 0.491 e.